The Morgan fingerprint density at radius 3 is 1.73 bits per heavy atom. The molecular formula is C21H39N. The molecule has 0 aliphatic rings. The Morgan fingerprint density at radius 2 is 1.55 bits per heavy atom. The van der Waals surface area contributed by atoms with Crippen molar-refractivity contribution in [1.29, 1.82) is 0 Å². The zero-order valence-corrected chi connectivity index (χ0v) is 15.9. The molecule has 1 N–H and O–H groups in total. The lowest BCUT2D eigenvalue weighted by Gasteiger charge is -1.92. The van der Waals surface area contributed by atoms with Gasteiger partial charge in [-0.2, -0.15) is 0 Å². The van der Waals surface area contributed by atoms with E-state index in [2.05, 4.69) is 63.5 Å². The van der Waals surface area contributed by atoms with Crippen LogP contribution in [0.4, 0.5) is 0 Å². The lowest BCUT2D eigenvalue weighted by Crippen LogP contribution is -2.07. The first-order valence-electron chi connectivity index (χ1n) is 8.64. The summed E-state index contributed by atoms with van der Waals surface area (Å²) in [5.74, 6) is 0. The van der Waals surface area contributed by atoms with E-state index in [0.29, 0.717) is 0 Å². The standard InChI is InChI=1S/C8H10.C6H11N.C5H12.C2H6/c1-2-8-6-4-3-5-7-8;1-4-6(2)5-7-3;1-3-5-4-2;1-2/h3-7H,2H2,1H3;4,7H,1-2,5H2,3H3;3-5H2,1-2H3;1-2H3. The Labute approximate surface area is 140 Å². The third-order valence-electron chi connectivity index (χ3n) is 2.65. The minimum Gasteiger partial charge on any atom is -0.316 e. The summed E-state index contributed by atoms with van der Waals surface area (Å²) in [7, 11) is 1.88. The van der Waals surface area contributed by atoms with E-state index in [1.807, 2.05) is 27.0 Å². The molecule has 0 fully saturated rings. The first kappa shape index (κ1) is 25.6. The van der Waals surface area contributed by atoms with Crippen molar-refractivity contribution in [3.63, 3.8) is 0 Å². The van der Waals surface area contributed by atoms with Crippen LogP contribution in [0, 0.1) is 0 Å². The molecule has 1 rings (SSSR count). The molecule has 0 bridgehead atoms. The van der Waals surface area contributed by atoms with Gasteiger partial charge in [0.15, 0.2) is 0 Å². The van der Waals surface area contributed by atoms with Gasteiger partial charge < -0.3 is 5.32 Å². The molecule has 0 atom stereocenters. The normalized spacial score (nSPS) is 8.09. The van der Waals surface area contributed by atoms with Gasteiger partial charge in [0.1, 0.15) is 0 Å². The number of unbranched alkanes of at least 4 members (excludes halogenated alkanes) is 2. The summed E-state index contributed by atoms with van der Waals surface area (Å²) in [6.45, 7) is 18.6. The zero-order chi connectivity index (χ0) is 17.6. The molecule has 1 heteroatoms. The van der Waals surface area contributed by atoms with Gasteiger partial charge in [0.05, 0.1) is 0 Å². The largest absolute Gasteiger partial charge is 0.316 e. The fraction of sp³-hybridized carbons (Fsp3) is 0.524. The second-order valence-electron chi connectivity index (χ2n) is 4.59. The molecule has 1 nitrogen and oxygen atoms in total. The molecule has 1 aromatic rings. The van der Waals surface area contributed by atoms with E-state index >= 15 is 0 Å². The maximum Gasteiger partial charge on any atom is 0.0196 e. The molecule has 1 aromatic carbocycles. The highest BCUT2D eigenvalue weighted by Crippen LogP contribution is 1.96. The summed E-state index contributed by atoms with van der Waals surface area (Å²) in [5.41, 5.74) is 2.44. The smallest absolute Gasteiger partial charge is 0.0196 e. The van der Waals surface area contributed by atoms with Crippen LogP contribution in [0.25, 0.3) is 0 Å². The molecule has 0 amide bonds. The number of benzene rings is 1. The highest BCUT2D eigenvalue weighted by Gasteiger charge is 1.80. The fourth-order valence-electron chi connectivity index (χ4n) is 1.37. The molecule has 0 unspecified atom stereocenters. The molecule has 0 spiro atoms. The highest BCUT2D eigenvalue weighted by molar-refractivity contribution is 5.13. The predicted molar refractivity (Wildman–Crippen MR) is 106 cm³/mol. The van der Waals surface area contributed by atoms with Gasteiger partial charge in [-0.15, -0.1) is 0 Å². The van der Waals surface area contributed by atoms with Crippen molar-refractivity contribution in [2.24, 2.45) is 0 Å². The lowest BCUT2D eigenvalue weighted by atomic mass is 10.2. The van der Waals surface area contributed by atoms with Crippen LogP contribution in [-0.2, 0) is 6.42 Å². The SMILES string of the molecule is C=CC(=C)CNC.CC.CCCCC.CCc1ccccc1. The van der Waals surface area contributed by atoms with Crippen molar-refractivity contribution in [3.05, 3.63) is 60.7 Å². The third kappa shape index (κ3) is 23.7. The summed E-state index contributed by atoms with van der Waals surface area (Å²) < 4.78 is 0. The van der Waals surface area contributed by atoms with Crippen molar-refractivity contribution < 1.29 is 0 Å². The number of hydrogen-bond acceptors (Lipinski definition) is 1. The topological polar surface area (TPSA) is 12.0 Å². The van der Waals surface area contributed by atoms with Crippen molar-refractivity contribution >= 4 is 0 Å². The number of rotatable bonds is 6. The number of likely N-dealkylation sites (N-methyl/N-ethyl adjacent to an activating group) is 1. The van der Waals surface area contributed by atoms with Crippen LogP contribution in [0.1, 0.15) is 59.4 Å². The Bertz CT molecular complexity index is 312. The second-order valence-corrected chi connectivity index (χ2v) is 4.59. The molecule has 0 aliphatic heterocycles. The van der Waals surface area contributed by atoms with Crippen LogP contribution in [0.5, 0.6) is 0 Å². The highest BCUT2D eigenvalue weighted by atomic mass is 14.8. The third-order valence-corrected chi connectivity index (χ3v) is 2.65. The van der Waals surface area contributed by atoms with E-state index in [9.17, 15) is 0 Å². The zero-order valence-electron chi connectivity index (χ0n) is 15.9. The van der Waals surface area contributed by atoms with Crippen LogP contribution in [0.3, 0.4) is 0 Å². The maximum absolute atomic E-state index is 3.68. The monoisotopic (exact) mass is 305 g/mol. The van der Waals surface area contributed by atoms with Crippen molar-refractivity contribution in [3.8, 4) is 0 Å². The van der Waals surface area contributed by atoms with Crippen molar-refractivity contribution in [2.75, 3.05) is 13.6 Å². The number of nitrogens with one attached hydrogen (secondary N) is 1. The molecular weight excluding hydrogens is 266 g/mol. The van der Waals surface area contributed by atoms with Gasteiger partial charge in [0.25, 0.3) is 0 Å². The summed E-state index contributed by atoms with van der Waals surface area (Å²) in [6, 6.07) is 10.5. The van der Waals surface area contributed by atoms with Gasteiger partial charge in [-0.25, -0.2) is 0 Å². The van der Waals surface area contributed by atoms with Crippen LogP contribution in [0.15, 0.2) is 55.1 Å². The summed E-state index contributed by atoms with van der Waals surface area (Å²) in [4.78, 5) is 0. The van der Waals surface area contributed by atoms with Crippen molar-refractivity contribution in [1.82, 2.24) is 5.32 Å². The van der Waals surface area contributed by atoms with E-state index in [4.69, 9.17) is 0 Å². The van der Waals surface area contributed by atoms with Crippen LogP contribution < -0.4 is 5.32 Å². The Kier molecular flexibility index (Phi) is 28.7. The van der Waals surface area contributed by atoms with Crippen molar-refractivity contribution in [2.45, 2.75) is 60.3 Å². The summed E-state index contributed by atoms with van der Waals surface area (Å²) >= 11 is 0. The van der Waals surface area contributed by atoms with Crippen LogP contribution in [0.2, 0.25) is 0 Å². The predicted octanol–water partition coefficient (Wildman–Crippen LogP) is 6.42. The molecule has 0 saturated carbocycles. The Hall–Kier alpha value is -1.34. The van der Waals surface area contributed by atoms with Gasteiger partial charge in [-0.3, -0.25) is 0 Å². The fourth-order valence-corrected chi connectivity index (χ4v) is 1.37. The molecule has 0 aliphatic carbocycles. The summed E-state index contributed by atoms with van der Waals surface area (Å²) in [6.07, 6.45) is 6.96. The first-order chi connectivity index (χ1) is 10.7. The summed E-state index contributed by atoms with van der Waals surface area (Å²) in [5, 5.41) is 2.95. The van der Waals surface area contributed by atoms with E-state index in [1.54, 1.807) is 6.08 Å². The van der Waals surface area contributed by atoms with E-state index in [0.717, 1.165) is 18.5 Å². The molecule has 0 radical (unpaired) electrons. The molecule has 22 heavy (non-hydrogen) atoms. The quantitative estimate of drug-likeness (QED) is 0.598. The van der Waals surface area contributed by atoms with Gasteiger partial charge in [-0.1, -0.05) is 103 Å². The van der Waals surface area contributed by atoms with Gasteiger partial charge in [0.2, 0.25) is 0 Å². The van der Waals surface area contributed by atoms with E-state index in [1.165, 1.54) is 24.8 Å². The Balaban J connectivity index is -0.000000239. The van der Waals surface area contributed by atoms with Gasteiger partial charge in [0, 0.05) is 6.54 Å². The average Bonchev–Trinajstić information content (AvgIpc) is 2.59. The average molecular weight is 306 g/mol. The van der Waals surface area contributed by atoms with Crippen LogP contribution >= 0.6 is 0 Å². The van der Waals surface area contributed by atoms with E-state index in [-0.39, 0.29) is 0 Å². The lowest BCUT2D eigenvalue weighted by molar-refractivity contribution is 0.772. The molecule has 128 valence electrons. The minimum atomic E-state index is 0.837. The minimum absolute atomic E-state index is 0.837. The van der Waals surface area contributed by atoms with Crippen LogP contribution in [-0.4, -0.2) is 13.6 Å². The molecule has 0 saturated heterocycles. The second kappa shape index (κ2) is 24.7. The molecule has 0 heterocycles. The number of aryl methyl sites for hydroxylation is 1. The first-order valence-corrected chi connectivity index (χ1v) is 8.64. The van der Waals surface area contributed by atoms with E-state index < -0.39 is 0 Å². The number of hydrogen-bond donors (Lipinski definition) is 1. The molecule has 0 aromatic heterocycles. The maximum atomic E-state index is 3.68. The Morgan fingerprint density at radius 1 is 1.05 bits per heavy atom. The van der Waals surface area contributed by atoms with Gasteiger partial charge in [-0.05, 0) is 24.6 Å². The van der Waals surface area contributed by atoms with Gasteiger partial charge >= 0.3 is 0 Å².